The first-order valence-corrected chi connectivity index (χ1v) is 9.62. The van der Waals surface area contributed by atoms with Crippen LogP contribution in [0, 0.1) is 5.92 Å². The Bertz CT molecular complexity index is 825. The van der Waals surface area contributed by atoms with Gasteiger partial charge >= 0.3 is 0 Å². The van der Waals surface area contributed by atoms with Gasteiger partial charge in [0.2, 0.25) is 0 Å². The molecule has 0 saturated heterocycles. The molecule has 0 fully saturated rings. The Kier molecular flexibility index (Phi) is 5.61. The minimum absolute atomic E-state index is 0.0101. The number of aryl methyl sites for hydroxylation is 1. The predicted octanol–water partition coefficient (Wildman–Crippen LogP) is 6.12. The van der Waals surface area contributed by atoms with E-state index in [2.05, 4.69) is 99.2 Å². The van der Waals surface area contributed by atoms with Crippen molar-refractivity contribution in [3.8, 4) is 11.3 Å². The molecule has 0 aliphatic heterocycles. The van der Waals surface area contributed by atoms with Crippen LogP contribution in [0.4, 0.5) is 0 Å². The van der Waals surface area contributed by atoms with E-state index in [4.69, 9.17) is 5.10 Å². The lowest BCUT2D eigenvalue weighted by molar-refractivity contribution is 0.356. The Morgan fingerprint density at radius 3 is 2.31 bits per heavy atom. The van der Waals surface area contributed by atoms with Gasteiger partial charge in [0.1, 0.15) is 0 Å². The number of hydrogen-bond donors (Lipinski definition) is 0. The number of benzene rings is 2. The maximum absolute atomic E-state index is 4.83. The average Bonchev–Trinajstić information content (AvgIpc) is 3.12. The van der Waals surface area contributed by atoms with Gasteiger partial charge in [-0.2, -0.15) is 5.10 Å². The summed E-state index contributed by atoms with van der Waals surface area (Å²) < 4.78 is 2.05. The zero-order chi connectivity index (χ0) is 18.6. The van der Waals surface area contributed by atoms with E-state index in [1.807, 2.05) is 0 Å². The first kappa shape index (κ1) is 18.4. The van der Waals surface area contributed by atoms with E-state index in [-0.39, 0.29) is 5.54 Å². The summed E-state index contributed by atoms with van der Waals surface area (Å²) in [5.41, 5.74) is 5.17. The minimum Gasteiger partial charge on any atom is -0.267 e. The molecule has 0 aliphatic rings. The molecular weight excluding hydrogens is 316 g/mol. The van der Waals surface area contributed by atoms with Crippen molar-refractivity contribution in [2.24, 2.45) is 5.92 Å². The molecule has 0 N–H and O–H groups in total. The zero-order valence-corrected chi connectivity index (χ0v) is 16.4. The summed E-state index contributed by atoms with van der Waals surface area (Å²) in [5, 5.41) is 4.83. The van der Waals surface area contributed by atoms with Crippen LogP contribution in [0.15, 0.2) is 66.9 Å². The smallest absolute Gasteiger partial charge is 0.0926 e. The largest absolute Gasteiger partial charge is 0.267 e. The summed E-state index contributed by atoms with van der Waals surface area (Å²) in [4.78, 5) is 0. The fourth-order valence-electron chi connectivity index (χ4n) is 3.32. The van der Waals surface area contributed by atoms with Crippen molar-refractivity contribution in [3.63, 3.8) is 0 Å². The topological polar surface area (TPSA) is 17.8 Å². The lowest BCUT2D eigenvalue weighted by Gasteiger charge is -2.19. The van der Waals surface area contributed by atoms with Gasteiger partial charge in [-0.25, -0.2) is 0 Å². The van der Waals surface area contributed by atoms with Crippen molar-refractivity contribution in [3.05, 3.63) is 78.0 Å². The number of rotatable bonds is 6. The first-order chi connectivity index (χ1) is 12.4. The summed E-state index contributed by atoms with van der Waals surface area (Å²) in [7, 11) is 0. The molecule has 0 aliphatic carbocycles. The Morgan fingerprint density at radius 1 is 0.923 bits per heavy atom. The van der Waals surface area contributed by atoms with Crippen molar-refractivity contribution >= 4 is 0 Å². The molecule has 3 rings (SSSR count). The van der Waals surface area contributed by atoms with Crippen LogP contribution in [0.1, 0.15) is 45.2 Å². The molecule has 0 bridgehead atoms. The normalized spacial score (nSPS) is 12.9. The zero-order valence-electron chi connectivity index (χ0n) is 16.4. The number of aromatic nitrogens is 2. The maximum atomic E-state index is 4.83. The average molecular weight is 347 g/mol. The predicted molar refractivity (Wildman–Crippen MR) is 110 cm³/mol. The summed E-state index contributed by atoms with van der Waals surface area (Å²) in [5.74, 6) is 0.640. The molecular formula is C24H30N2. The van der Waals surface area contributed by atoms with E-state index >= 15 is 0 Å². The molecule has 0 radical (unpaired) electrons. The highest BCUT2D eigenvalue weighted by Gasteiger charge is 2.16. The standard InChI is InChI=1S/C24H30N2/c1-19(14-15-20-10-6-5-7-11-20)18-21-12-8-9-13-22(21)23-16-17-26(25-23)24(2,3)4/h5-13,16-17,19H,14-15,18H2,1-4H3. The highest BCUT2D eigenvalue weighted by molar-refractivity contribution is 5.63. The highest BCUT2D eigenvalue weighted by atomic mass is 15.3. The van der Waals surface area contributed by atoms with Gasteiger partial charge in [0.25, 0.3) is 0 Å². The van der Waals surface area contributed by atoms with Gasteiger partial charge in [-0.3, -0.25) is 4.68 Å². The number of hydrogen-bond acceptors (Lipinski definition) is 1. The summed E-state index contributed by atoms with van der Waals surface area (Å²) in [6.07, 6.45) is 5.52. The van der Waals surface area contributed by atoms with Gasteiger partial charge in [0.15, 0.2) is 0 Å². The highest BCUT2D eigenvalue weighted by Crippen LogP contribution is 2.27. The molecule has 1 unspecified atom stereocenters. The van der Waals surface area contributed by atoms with Crippen LogP contribution < -0.4 is 0 Å². The van der Waals surface area contributed by atoms with Crippen LogP contribution in [0.25, 0.3) is 11.3 Å². The fourth-order valence-corrected chi connectivity index (χ4v) is 3.32. The monoisotopic (exact) mass is 346 g/mol. The van der Waals surface area contributed by atoms with Crippen LogP contribution in [-0.4, -0.2) is 9.78 Å². The van der Waals surface area contributed by atoms with Crippen molar-refractivity contribution < 1.29 is 0 Å². The molecule has 3 aromatic rings. The van der Waals surface area contributed by atoms with Gasteiger partial charge < -0.3 is 0 Å². The molecule has 1 heterocycles. The van der Waals surface area contributed by atoms with Crippen molar-refractivity contribution in [2.75, 3.05) is 0 Å². The molecule has 2 nitrogen and oxygen atoms in total. The quantitative estimate of drug-likeness (QED) is 0.526. The lowest BCUT2D eigenvalue weighted by Crippen LogP contribution is -2.22. The second-order valence-corrected chi connectivity index (χ2v) is 8.31. The molecule has 2 aromatic carbocycles. The van der Waals surface area contributed by atoms with Crippen molar-refractivity contribution in [2.45, 2.75) is 52.5 Å². The van der Waals surface area contributed by atoms with Crippen LogP contribution in [-0.2, 0) is 18.4 Å². The molecule has 0 amide bonds. The fraction of sp³-hybridized carbons (Fsp3) is 0.375. The third kappa shape index (κ3) is 4.63. The van der Waals surface area contributed by atoms with E-state index in [9.17, 15) is 0 Å². The summed E-state index contributed by atoms with van der Waals surface area (Å²) in [6, 6.07) is 21.6. The van der Waals surface area contributed by atoms with Crippen molar-refractivity contribution in [1.82, 2.24) is 9.78 Å². The molecule has 1 aromatic heterocycles. The van der Waals surface area contributed by atoms with Gasteiger partial charge in [-0.15, -0.1) is 0 Å². The third-order valence-electron chi connectivity index (χ3n) is 4.91. The van der Waals surface area contributed by atoms with Gasteiger partial charge in [-0.1, -0.05) is 61.5 Å². The Labute approximate surface area is 157 Å². The lowest BCUT2D eigenvalue weighted by atomic mass is 9.91. The Hall–Kier alpha value is -2.35. The summed E-state index contributed by atoms with van der Waals surface area (Å²) in [6.45, 7) is 8.90. The molecule has 0 saturated carbocycles. The first-order valence-electron chi connectivity index (χ1n) is 9.62. The second kappa shape index (κ2) is 7.90. The van der Waals surface area contributed by atoms with Gasteiger partial charge in [0, 0.05) is 11.8 Å². The number of nitrogens with zero attached hydrogens (tertiary/aromatic N) is 2. The molecule has 0 spiro atoms. The van der Waals surface area contributed by atoms with E-state index < -0.39 is 0 Å². The summed E-state index contributed by atoms with van der Waals surface area (Å²) >= 11 is 0. The van der Waals surface area contributed by atoms with Crippen molar-refractivity contribution in [1.29, 1.82) is 0 Å². The Morgan fingerprint density at radius 2 is 1.62 bits per heavy atom. The van der Waals surface area contributed by atoms with E-state index in [1.165, 1.54) is 23.1 Å². The SMILES string of the molecule is CC(CCc1ccccc1)Cc1ccccc1-c1ccn(C(C)(C)C)n1. The van der Waals surface area contributed by atoms with Gasteiger partial charge in [0.05, 0.1) is 11.2 Å². The molecule has 1 atom stereocenters. The molecule has 2 heteroatoms. The van der Waals surface area contributed by atoms with Crippen LogP contribution in [0.3, 0.4) is 0 Å². The van der Waals surface area contributed by atoms with Gasteiger partial charge in [-0.05, 0) is 63.1 Å². The van der Waals surface area contributed by atoms with Crippen LogP contribution >= 0.6 is 0 Å². The maximum Gasteiger partial charge on any atom is 0.0926 e. The molecule has 26 heavy (non-hydrogen) atoms. The Balaban J connectivity index is 1.72. The van der Waals surface area contributed by atoms with E-state index in [1.54, 1.807) is 0 Å². The molecule has 136 valence electrons. The third-order valence-corrected chi connectivity index (χ3v) is 4.91. The van der Waals surface area contributed by atoms with E-state index in [0.717, 1.165) is 18.5 Å². The minimum atomic E-state index is 0.0101. The second-order valence-electron chi connectivity index (χ2n) is 8.31. The van der Waals surface area contributed by atoms with Crippen LogP contribution in [0.5, 0.6) is 0 Å². The van der Waals surface area contributed by atoms with E-state index in [0.29, 0.717) is 5.92 Å². The van der Waals surface area contributed by atoms with Crippen LogP contribution in [0.2, 0.25) is 0 Å².